The Hall–Kier alpha value is -2.23. The van der Waals surface area contributed by atoms with Crippen molar-refractivity contribution in [3.05, 3.63) is 41.0 Å². The molecule has 1 aliphatic heterocycles. The first-order valence-corrected chi connectivity index (χ1v) is 8.21. The maximum Gasteiger partial charge on any atom is 0.239 e. The molecule has 1 aliphatic carbocycles. The Bertz CT molecular complexity index is 715. The Morgan fingerprint density at radius 1 is 1.09 bits per heavy atom. The summed E-state index contributed by atoms with van der Waals surface area (Å²) in [5, 5.41) is 3.22. The topological polar surface area (TPSA) is 63.2 Å². The molecule has 120 valence electrons. The van der Waals surface area contributed by atoms with E-state index in [9.17, 15) is 14.4 Å². The number of carbonyl (C=O) groups excluding carboxylic acids is 3. The number of fused-ring (bicyclic) bond motifs is 2. The average Bonchev–Trinajstić information content (AvgIpc) is 2.70. The van der Waals surface area contributed by atoms with Crippen LogP contribution in [0.4, 0.5) is 0 Å². The van der Waals surface area contributed by atoms with Crippen molar-refractivity contribution in [2.75, 3.05) is 6.54 Å². The van der Waals surface area contributed by atoms with Gasteiger partial charge in [0, 0.05) is 23.6 Å². The molecule has 1 heterocycles. The first-order valence-electron chi connectivity index (χ1n) is 8.21. The van der Waals surface area contributed by atoms with Crippen LogP contribution in [0.3, 0.4) is 0 Å². The van der Waals surface area contributed by atoms with Crippen LogP contribution in [0.5, 0.6) is 0 Å². The number of Topliss-reactive ketones (excluding diaryl/α,β-unsaturated/α-hetero) is 3. The first-order chi connectivity index (χ1) is 11.0. The lowest BCUT2D eigenvalue weighted by molar-refractivity contribution is -0.122. The van der Waals surface area contributed by atoms with Gasteiger partial charge in [-0.05, 0) is 18.8 Å². The van der Waals surface area contributed by atoms with Crippen LogP contribution < -0.4 is 5.32 Å². The molecule has 3 rings (SSSR count). The number of benzene rings is 1. The van der Waals surface area contributed by atoms with E-state index in [1.165, 1.54) is 0 Å². The van der Waals surface area contributed by atoms with Crippen molar-refractivity contribution in [1.29, 1.82) is 0 Å². The summed E-state index contributed by atoms with van der Waals surface area (Å²) in [7, 11) is 0. The minimum absolute atomic E-state index is 0.0694. The Kier molecular flexibility index (Phi) is 4.16. The molecule has 0 bridgehead atoms. The largest absolute Gasteiger partial charge is 0.384 e. The monoisotopic (exact) mass is 311 g/mol. The maximum atomic E-state index is 12.9. The summed E-state index contributed by atoms with van der Waals surface area (Å²) in [5.74, 6) is -1.07. The maximum absolute atomic E-state index is 12.9. The zero-order valence-electron chi connectivity index (χ0n) is 13.5. The SMILES string of the molecule is CC(C)CCC1CCNC2=C(C(=O)C(=O)c3ccccc32)C1=O. The van der Waals surface area contributed by atoms with E-state index in [2.05, 4.69) is 19.2 Å². The molecule has 1 unspecified atom stereocenters. The Labute approximate surface area is 136 Å². The third-order valence-electron chi connectivity index (χ3n) is 4.63. The number of ketones is 3. The van der Waals surface area contributed by atoms with Gasteiger partial charge in [0.25, 0.3) is 0 Å². The fourth-order valence-corrected chi connectivity index (χ4v) is 3.32. The van der Waals surface area contributed by atoms with Crippen molar-refractivity contribution >= 4 is 23.0 Å². The van der Waals surface area contributed by atoms with Crippen molar-refractivity contribution in [3.8, 4) is 0 Å². The zero-order valence-corrected chi connectivity index (χ0v) is 13.5. The fourth-order valence-electron chi connectivity index (χ4n) is 3.32. The predicted molar refractivity (Wildman–Crippen MR) is 87.9 cm³/mol. The van der Waals surface area contributed by atoms with Crippen molar-refractivity contribution in [3.63, 3.8) is 0 Å². The number of allylic oxidation sites excluding steroid dienone is 1. The molecule has 23 heavy (non-hydrogen) atoms. The number of hydrogen-bond donors (Lipinski definition) is 1. The molecule has 1 N–H and O–H groups in total. The quantitative estimate of drug-likeness (QED) is 0.689. The van der Waals surface area contributed by atoms with E-state index in [4.69, 9.17) is 0 Å². The summed E-state index contributed by atoms with van der Waals surface area (Å²) in [6.45, 7) is 4.88. The minimum Gasteiger partial charge on any atom is -0.384 e. The highest BCUT2D eigenvalue weighted by Crippen LogP contribution is 2.33. The van der Waals surface area contributed by atoms with E-state index in [-0.39, 0.29) is 17.3 Å². The predicted octanol–water partition coefficient (Wildman–Crippen LogP) is 2.78. The highest BCUT2D eigenvalue weighted by molar-refractivity contribution is 6.57. The van der Waals surface area contributed by atoms with Gasteiger partial charge in [0.2, 0.25) is 11.6 Å². The summed E-state index contributed by atoms with van der Waals surface area (Å²) in [4.78, 5) is 37.7. The summed E-state index contributed by atoms with van der Waals surface area (Å²) in [6.07, 6.45) is 2.40. The van der Waals surface area contributed by atoms with Gasteiger partial charge in [-0.25, -0.2) is 0 Å². The summed E-state index contributed by atoms with van der Waals surface area (Å²) in [5.41, 5.74) is 1.67. The lowest BCUT2D eigenvalue weighted by atomic mass is 9.81. The molecule has 4 heteroatoms. The van der Waals surface area contributed by atoms with Crippen LogP contribution in [0, 0.1) is 11.8 Å². The van der Waals surface area contributed by atoms with Gasteiger partial charge in [-0.1, -0.05) is 44.5 Å². The highest BCUT2D eigenvalue weighted by Gasteiger charge is 2.39. The molecule has 2 aliphatic rings. The van der Waals surface area contributed by atoms with Gasteiger partial charge in [-0.3, -0.25) is 14.4 Å². The number of rotatable bonds is 3. The van der Waals surface area contributed by atoms with Gasteiger partial charge in [-0.15, -0.1) is 0 Å². The molecule has 1 aromatic rings. The Morgan fingerprint density at radius 2 is 1.78 bits per heavy atom. The van der Waals surface area contributed by atoms with Gasteiger partial charge in [-0.2, -0.15) is 0 Å². The summed E-state index contributed by atoms with van der Waals surface area (Å²) >= 11 is 0. The minimum atomic E-state index is -0.660. The molecule has 1 aromatic carbocycles. The van der Waals surface area contributed by atoms with Crippen LogP contribution in [-0.2, 0) is 9.59 Å². The van der Waals surface area contributed by atoms with E-state index >= 15 is 0 Å². The lowest BCUT2D eigenvalue weighted by Crippen LogP contribution is -2.32. The Balaban J connectivity index is 2.03. The molecule has 0 amide bonds. The molecular formula is C19H21NO3. The fraction of sp³-hybridized carbons (Fsp3) is 0.421. The van der Waals surface area contributed by atoms with Crippen LogP contribution in [0.1, 0.15) is 49.0 Å². The summed E-state index contributed by atoms with van der Waals surface area (Å²) < 4.78 is 0. The van der Waals surface area contributed by atoms with Crippen LogP contribution in [0.25, 0.3) is 5.70 Å². The van der Waals surface area contributed by atoms with Gasteiger partial charge >= 0.3 is 0 Å². The van der Waals surface area contributed by atoms with Gasteiger partial charge in [0.15, 0.2) is 5.78 Å². The van der Waals surface area contributed by atoms with Crippen LogP contribution >= 0.6 is 0 Å². The van der Waals surface area contributed by atoms with Crippen molar-refractivity contribution in [2.24, 2.45) is 11.8 Å². The number of nitrogens with one attached hydrogen (secondary N) is 1. The van der Waals surface area contributed by atoms with Crippen molar-refractivity contribution < 1.29 is 14.4 Å². The molecule has 1 atom stereocenters. The van der Waals surface area contributed by atoms with Crippen molar-refractivity contribution in [2.45, 2.75) is 33.1 Å². The van der Waals surface area contributed by atoms with Gasteiger partial charge in [0.1, 0.15) is 0 Å². The van der Waals surface area contributed by atoms with E-state index in [0.29, 0.717) is 35.7 Å². The molecule has 0 saturated heterocycles. The lowest BCUT2D eigenvalue weighted by Gasteiger charge is -2.20. The van der Waals surface area contributed by atoms with Crippen LogP contribution in [0.2, 0.25) is 0 Å². The second kappa shape index (κ2) is 6.11. The number of hydrogen-bond acceptors (Lipinski definition) is 4. The van der Waals surface area contributed by atoms with E-state index in [0.717, 1.165) is 12.8 Å². The molecule has 4 nitrogen and oxygen atoms in total. The second-order valence-electron chi connectivity index (χ2n) is 6.70. The normalized spacial score (nSPS) is 21.0. The Morgan fingerprint density at radius 3 is 2.48 bits per heavy atom. The summed E-state index contributed by atoms with van der Waals surface area (Å²) in [6, 6.07) is 7.00. The highest BCUT2D eigenvalue weighted by atomic mass is 16.2. The smallest absolute Gasteiger partial charge is 0.239 e. The van der Waals surface area contributed by atoms with E-state index in [1.807, 2.05) is 6.07 Å². The zero-order chi connectivity index (χ0) is 16.6. The molecule has 0 fully saturated rings. The van der Waals surface area contributed by atoms with Gasteiger partial charge in [0.05, 0.1) is 11.3 Å². The third kappa shape index (κ3) is 2.74. The van der Waals surface area contributed by atoms with Crippen LogP contribution in [0.15, 0.2) is 29.8 Å². The molecule has 0 radical (unpaired) electrons. The first kappa shape index (κ1) is 15.7. The standard InChI is InChI=1S/C19H21NO3/c1-11(2)7-8-12-9-10-20-16-13-5-3-4-6-14(13)18(22)19(23)15(16)17(12)21/h3-6,11-12,20H,7-10H2,1-2H3. The van der Waals surface area contributed by atoms with Gasteiger partial charge < -0.3 is 5.32 Å². The average molecular weight is 311 g/mol. The molecule has 0 saturated carbocycles. The third-order valence-corrected chi connectivity index (χ3v) is 4.63. The molecular weight excluding hydrogens is 290 g/mol. The second-order valence-corrected chi connectivity index (χ2v) is 6.70. The van der Waals surface area contributed by atoms with Crippen LogP contribution in [-0.4, -0.2) is 23.9 Å². The van der Waals surface area contributed by atoms with Crippen molar-refractivity contribution in [1.82, 2.24) is 5.32 Å². The molecule has 0 aromatic heterocycles. The molecule has 0 spiro atoms. The van der Waals surface area contributed by atoms with E-state index in [1.54, 1.807) is 18.2 Å². The number of carbonyl (C=O) groups is 3. The van der Waals surface area contributed by atoms with E-state index < -0.39 is 11.6 Å².